The minimum atomic E-state index is -0.668. The average Bonchev–Trinajstić information content (AvgIpc) is 2.71. The van der Waals surface area contributed by atoms with Crippen LogP contribution < -0.4 is 0 Å². The summed E-state index contributed by atoms with van der Waals surface area (Å²) in [7, 11) is 0. The molecule has 1 saturated heterocycles. The highest BCUT2D eigenvalue weighted by Gasteiger charge is 2.47. The fourth-order valence-electron chi connectivity index (χ4n) is 2.89. The van der Waals surface area contributed by atoms with Gasteiger partial charge in [0.2, 0.25) is 0 Å². The van der Waals surface area contributed by atoms with Crippen molar-refractivity contribution in [2.75, 3.05) is 6.61 Å². The third-order valence-electron chi connectivity index (χ3n) is 4.35. The second-order valence-corrected chi connectivity index (χ2v) is 5.60. The van der Waals surface area contributed by atoms with Gasteiger partial charge in [0.1, 0.15) is 0 Å². The molecule has 106 valence electrons. The van der Waals surface area contributed by atoms with Crippen molar-refractivity contribution in [1.29, 1.82) is 0 Å². The van der Waals surface area contributed by atoms with Gasteiger partial charge in [-0.1, -0.05) is 51.9 Å². The average molecular weight is 256 g/mol. The molecule has 0 aromatic heterocycles. The largest absolute Gasteiger partial charge is 0.481 e. The van der Waals surface area contributed by atoms with E-state index in [2.05, 4.69) is 6.92 Å². The molecule has 1 aliphatic heterocycles. The monoisotopic (exact) mass is 256 g/mol. The highest BCUT2D eigenvalue weighted by molar-refractivity contribution is 5.75. The van der Waals surface area contributed by atoms with Gasteiger partial charge in [0, 0.05) is 6.61 Å². The Morgan fingerprint density at radius 3 is 2.33 bits per heavy atom. The van der Waals surface area contributed by atoms with Gasteiger partial charge in [-0.2, -0.15) is 0 Å². The molecule has 1 rings (SSSR count). The van der Waals surface area contributed by atoms with E-state index in [1.54, 1.807) is 0 Å². The molecule has 18 heavy (non-hydrogen) atoms. The molecule has 1 N–H and O–H groups in total. The van der Waals surface area contributed by atoms with E-state index in [4.69, 9.17) is 4.74 Å². The normalized spacial score (nSPS) is 27.6. The first-order valence-corrected chi connectivity index (χ1v) is 7.48. The number of hydrogen-bond acceptors (Lipinski definition) is 2. The summed E-state index contributed by atoms with van der Waals surface area (Å²) in [6.07, 6.45) is 9.95. The SMILES string of the molecule is CCCCCCCCCC1(C(=O)O)CCOC1C. The van der Waals surface area contributed by atoms with Crippen LogP contribution in [0.15, 0.2) is 0 Å². The fraction of sp³-hybridized carbons (Fsp3) is 0.933. The van der Waals surface area contributed by atoms with Crippen molar-refractivity contribution >= 4 is 5.97 Å². The number of carboxylic acids is 1. The molecule has 1 aliphatic rings. The predicted octanol–water partition coefficient (Wildman–Crippen LogP) is 4.01. The van der Waals surface area contributed by atoms with Crippen LogP contribution in [0, 0.1) is 5.41 Å². The van der Waals surface area contributed by atoms with Crippen molar-refractivity contribution in [1.82, 2.24) is 0 Å². The quantitative estimate of drug-likeness (QED) is 0.634. The van der Waals surface area contributed by atoms with Crippen LogP contribution in [0.2, 0.25) is 0 Å². The lowest BCUT2D eigenvalue weighted by atomic mass is 9.77. The van der Waals surface area contributed by atoms with Gasteiger partial charge in [-0.05, 0) is 19.8 Å². The van der Waals surface area contributed by atoms with E-state index in [9.17, 15) is 9.90 Å². The summed E-state index contributed by atoms with van der Waals surface area (Å²) >= 11 is 0. The van der Waals surface area contributed by atoms with E-state index in [1.807, 2.05) is 6.92 Å². The number of rotatable bonds is 9. The van der Waals surface area contributed by atoms with E-state index >= 15 is 0 Å². The van der Waals surface area contributed by atoms with E-state index < -0.39 is 11.4 Å². The summed E-state index contributed by atoms with van der Waals surface area (Å²) in [5.74, 6) is -0.668. The molecule has 0 radical (unpaired) electrons. The van der Waals surface area contributed by atoms with Gasteiger partial charge >= 0.3 is 5.97 Å². The van der Waals surface area contributed by atoms with E-state index in [0.717, 1.165) is 19.3 Å². The van der Waals surface area contributed by atoms with Crippen LogP contribution in [0.4, 0.5) is 0 Å². The van der Waals surface area contributed by atoms with Crippen molar-refractivity contribution < 1.29 is 14.6 Å². The Morgan fingerprint density at radius 2 is 1.83 bits per heavy atom. The fourth-order valence-corrected chi connectivity index (χ4v) is 2.89. The summed E-state index contributed by atoms with van der Waals surface area (Å²) < 4.78 is 5.46. The van der Waals surface area contributed by atoms with Gasteiger partial charge in [0.25, 0.3) is 0 Å². The standard InChI is InChI=1S/C15H28O3/c1-3-4-5-6-7-8-9-10-15(14(16)17)11-12-18-13(15)2/h13H,3-12H2,1-2H3,(H,16,17). The maximum Gasteiger partial charge on any atom is 0.312 e. The number of unbranched alkanes of at least 4 members (excludes halogenated alkanes) is 6. The Balaban J connectivity index is 2.21. The molecule has 0 aromatic carbocycles. The van der Waals surface area contributed by atoms with Crippen molar-refractivity contribution in [2.45, 2.75) is 77.7 Å². The van der Waals surface area contributed by atoms with Gasteiger partial charge in [-0.25, -0.2) is 0 Å². The maximum absolute atomic E-state index is 11.5. The van der Waals surface area contributed by atoms with Crippen LogP contribution in [0.25, 0.3) is 0 Å². The molecule has 0 amide bonds. The molecule has 0 aromatic rings. The third kappa shape index (κ3) is 3.98. The Kier molecular flexibility index (Phi) is 6.69. The lowest BCUT2D eigenvalue weighted by Crippen LogP contribution is -2.37. The number of hydrogen-bond donors (Lipinski definition) is 1. The minimum Gasteiger partial charge on any atom is -0.481 e. The summed E-state index contributed by atoms with van der Waals surface area (Å²) in [6, 6.07) is 0. The Hall–Kier alpha value is -0.570. The Bertz CT molecular complexity index is 252. The van der Waals surface area contributed by atoms with Crippen LogP contribution in [0.1, 0.15) is 71.6 Å². The molecule has 1 fully saturated rings. The van der Waals surface area contributed by atoms with Crippen molar-refractivity contribution in [3.05, 3.63) is 0 Å². The van der Waals surface area contributed by atoms with Crippen LogP contribution in [-0.2, 0) is 9.53 Å². The maximum atomic E-state index is 11.5. The molecular formula is C15H28O3. The lowest BCUT2D eigenvalue weighted by molar-refractivity contribution is -0.152. The second kappa shape index (κ2) is 7.78. The van der Waals surface area contributed by atoms with Gasteiger partial charge in [-0.15, -0.1) is 0 Å². The van der Waals surface area contributed by atoms with Gasteiger partial charge < -0.3 is 9.84 Å². The summed E-state index contributed by atoms with van der Waals surface area (Å²) in [5.41, 5.74) is -0.608. The molecule has 2 unspecified atom stereocenters. The topological polar surface area (TPSA) is 46.5 Å². The zero-order valence-electron chi connectivity index (χ0n) is 11.9. The van der Waals surface area contributed by atoms with Gasteiger partial charge in [-0.3, -0.25) is 4.79 Å². The van der Waals surface area contributed by atoms with Crippen LogP contribution >= 0.6 is 0 Å². The highest BCUT2D eigenvalue weighted by atomic mass is 16.5. The molecule has 1 heterocycles. The first-order valence-electron chi connectivity index (χ1n) is 7.48. The van der Waals surface area contributed by atoms with Crippen LogP contribution in [-0.4, -0.2) is 23.8 Å². The lowest BCUT2D eigenvalue weighted by Gasteiger charge is -2.27. The first kappa shape index (κ1) is 15.5. The van der Waals surface area contributed by atoms with Gasteiger partial charge in [0.05, 0.1) is 11.5 Å². The van der Waals surface area contributed by atoms with E-state index in [1.165, 1.54) is 32.1 Å². The summed E-state index contributed by atoms with van der Waals surface area (Å²) in [6.45, 7) is 4.73. The summed E-state index contributed by atoms with van der Waals surface area (Å²) in [4.78, 5) is 11.5. The molecule has 0 aliphatic carbocycles. The van der Waals surface area contributed by atoms with E-state index in [0.29, 0.717) is 13.0 Å². The van der Waals surface area contributed by atoms with Crippen molar-refractivity contribution in [2.24, 2.45) is 5.41 Å². The van der Waals surface area contributed by atoms with E-state index in [-0.39, 0.29) is 6.10 Å². The Labute approximate surface area is 111 Å². The number of ether oxygens (including phenoxy) is 1. The Morgan fingerprint density at radius 1 is 1.22 bits per heavy atom. The molecular weight excluding hydrogens is 228 g/mol. The molecule has 3 heteroatoms. The number of carboxylic acid groups (broad SMARTS) is 1. The molecule has 2 atom stereocenters. The third-order valence-corrected chi connectivity index (χ3v) is 4.35. The zero-order valence-corrected chi connectivity index (χ0v) is 11.9. The zero-order chi connectivity index (χ0) is 13.4. The number of aliphatic carboxylic acids is 1. The van der Waals surface area contributed by atoms with Crippen molar-refractivity contribution in [3.8, 4) is 0 Å². The minimum absolute atomic E-state index is 0.130. The second-order valence-electron chi connectivity index (χ2n) is 5.60. The molecule has 3 nitrogen and oxygen atoms in total. The van der Waals surface area contributed by atoms with Crippen LogP contribution in [0.3, 0.4) is 0 Å². The number of carbonyl (C=O) groups is 1. The smallest absolute Gasteiger partial charge is 0.312 e. The summed E-state index contributed by atoms with van der Waals surface area (Å²) in [5, 5.41) is 9.43. The van der Waals surface area contributed by atoms with Crippen LogP contribution in [0.5, 0.6) is 0 Å². The highest BCUT2D eigenvalue weighted by Crippen LogP contribution is 2.40. The molecule has 0 bridgehead atoms. The van der Waals surface area contributed by atoms with Crippen molar-refractivity contribution in [3.63, 3.8) is 0 Å². The van der Waals surface area contributed by atoms with Gasteiger partial charge in [0.15, 0.2) is 0 Å². The first-order chi connectivity index (χ1) is 8.63. The molecule has 0 spiro atoms. The molecule has 0 saturated carbocycles. The predicted molar refractivity (Wildman–Crippen MR) is 72.7 cm³/mol.